The number of nitrogens with zero attached hydrogens (tertiary/aromatic N) is 1. The molecule has 1 amide bonds. The molecule has 0 atom stereocenters. The number of hydrogen-bond donors (Lipinski definition) is 3. The lowest BCUT2D eigenvalue weighted by atomic mass is 9.76. The smallest absolute Gasteiger partial charge is 0.274 e. The number of benzene rings is 1. The molecule has 4 rings (SSSR count). The highest BCUT2D eigenvalue weighted by molar-refractivity contribution is 7.16. The molecule has 10 heteroatoms. The van der Waals surface area contributed by atoms with E-state index in [1.165, 1.54) is 16.7 Å². The molecular weight excluding hydrogens is 524 g/mol. The van der Waals surface area contributed by atoms with Crippen LogP contribution in [0.2, 0.25) is 0 Å². The van der Waals surface area contributed by atoms with Gasteiger partial charge in [-0.2, -0.15) is 0 Å². The summed E-state index contributed by atoms with van der Waals surface area (Å²) in [6, 6.07) is 4.18. The van der Waals surface area contributed by atoms with Crippen LogP contribution in [-0.2, 0) is 12.5 Å². The van der Waals surface area contributed by atoms with Gasteiger partial charge in [0.05, 0.1) is 15.4 Å². The highest BCUT2D eigenvalue weighted by Gasteiger charge is 2.42. The Hall–Kier alpha value is -3.50. The SMILES string of the molecule is CCNC(=O)c1cc2c(-c3sc(C(C)(C)C(C)(C)O)c(F)c3Oc3c(C)cc(F)cc3C)cn(C)c(=O)c2[nH]1. The molecule has 0 saturated heterocycles. The summed E-state index contributed by atoms with van der Waals surface area (Å²) in [4.78, 5) is 29.1. The molecule has 3 aromatic heterocycles. The van der Waals surface area contributed by atoms with Gasteiger partial charge >= 0.3 is 0 Å². The van der Waals surface area contributed by atoms with Crippen LogP contribution in [-0.4, -0.2) is 32.7 Å². The van der Waals surface area contributed by atoms with Crippen molar-refractivity contribution in [2.75, 3.05) is 6.54 Å². The molecule has 0 bridgehead atoms. The van der Waals surface area contributed by atoms with Crippen molar-refractivity contribution >= 4 is 28.1 Å². The van der Waals surface area contributed by atoms with E-state index in [1.807, 2.05) is 0 Å². The fourth-order valence-electron chi connectivity index (χ4n) is 4.40. The van der Waals surface area contributed by atoms with Gasteiger partial charge < -0.3 is 24.7 Å². The van der Waals surface area contributed by atoms with Gasteiger partial charge in [-0.25, -0.2) is 8.78 Å². The summed E-state index contributed by atoms with van der Waals surface area (Å²) < 4.78 is 38.0. The van der Waals surface area contributed by atoms with Crippen LogP contribution in [0, 0.1) is 25.5 Å². The van der Waals surface area contributed by atoms with E-state index in [2.05, 4.69) is 10.3 Å². The fraction of sp³-hybridized carbons (Fsp3) is 0.379. The number of aryl methyl sites for hydroxylation is 3. The largest absolute Gasteiger partial charge is 0.452 e. The highest BCUT2D eigenvalue weighted by Crippen LogP contribution is 2.51. The van der Waals surface area contributed by atoms with Crippen LogP contribution in [0.1, 0.15) is 61.1 Å². The molecular formula is C29H33F2N3O4S. The number of aliphatic hydroxyl groups is 1. The van der Waals surface area contributed by atoms with Crippen molar-refractivity contribution < 1.29 is 23.4 Å². The Morgan fingerprint density at radius 3 is 2.31 bits per heavy atom. The van der Waals surface area contributed by atoms with Crippen LogP contribution < -0.4 is 15.6 Å². The van der Waals surface area contributed by atoms with E-state index in [9.17, 15) is 19.1 Å². The van der Waals surface area contributed by atoms with Gasteiger partial charge in [-0.15, -0.1) is 11.3 Å². The lowest BCUT2D eigenvalue weighted by Gasteiger charge is -2.36. The van der Waals surface area contributed by atoms with Crippen LogP contribution in [0.4, 0.5) is 8.78 Å². The van der Waals surface area contributed by atoms with Crippen molar-refractivity contribution in [3.63, 3.8) is 0 Å². The Morgan fingerprint density at radius 2 is 1.74 bits per heavy atom. The third-order valence-electron chi connectivity index (χ3n) is 7.33. The van der Waals surface area contributed by atoms with Crippen LogP contribution in [0.15, 0.2) is 29.2 Å². The maximum atomic E-state index is 16.4. The first-order valence-corrected chi connectivity index (χ1v) is 13.4. The second-order valence-electron chi connectivity index (χ2n) is 10.8. The topological polar surface area (TPSA) is 96.3 Å². The van der Waals surface area contributed by atoms with Gasteiger partial charge in [0.1, 0.15) is 22.8 Å². The quantitative estimate of drug-likeness (QED) is 0.257. The van der Waals surface area contributed by atoms with Crippen molar-refractivity contribution in [2.45, 2.75) is 59.5 Å². The first-order chi connectivity index (χ1) is 18.1. The summed E-state index contributed by atoms with van der Waals surface area (Å²) in [6.45, 7) is 12.2. The molecule has 7 nitrogen and oxygen atoms in total. The van der Waals surface area contributed by atoms with Gasteiger partial charge in [0.25, 0.3) is 11.5 Å². The van der Waals surface area contributed by atoms with Crippen LogP contribution in [0.3, 0.4) is 0 Å². The van der Waals surface area contributed by atoms with Gasteiger partial charge in [-0.05, 0) is 63.9 Å². The van der Waals surface area contributed by atoms with Gasteiger partial charge in [0, 0.05) is 36.2 Å². The van der Waals surface area contributed by atoms with E-state index in [-0.39, 0.29) is 33.3 Å². The molecule has 1 aromatic carbocycles. The van der Waals surface area contributed by atoms with Crippen molar-refractivity contribution in [1.29, 1.82) is 0 Å². The van der Waals surface area contributed by atoms with Crippen molar-refractivity contribution in [1.82, 2.24) is 14.9 Å². The number of carbonyl (C=O) groups excluding carboxylic acids is 1. The molecule has 0 spiro atoms. The zero-order valence-electron chi connectivity index (χ0n) is 23.3. The number of pyridine rings is 1. The summed E-state index contributed by atoms with van der Waals surface area (Å²) in [7, 11) is 1.57. The van der Waals surface area contributed by atoms with E-state index in [0.717, 1.165) is 11.3 Å². The third-order valence-corrected chi connectivity index (χ3v) is 8.83. The second kappa shape index (κ2) is 9.91. The lowest BCUT2D eigenvalue weighted by Crippen LogP contribution is -2.42. The summed E-state index contributed by atoms with van der Waals surface area (Å²) in [6.07, 6.45) is 1.57. The van der Waals surface area contributed by atoms with Crippen molar-refractivity contribution in [2.24, 2.45) is 7.05 Å². The fourth-order valence-corrected chi connectivity index (χ4v) is 5.79. The Balaban J connectivity index is 2.06. The molecule has 0 radical (unpaired) electrons. The average molecular weight is 558 g/mol. The molecule has 0 aliphatic rings. The molecule has 3 N–H and O–H groups in total. The molecule has 3 heterocycles. The molecule has 4 aromatic rings. The predicted molar refractivity (Wildman–Crippen MR) is 150 cm³/mol. The summed E-state index contributed by atoms with van der Waals surface area (Å²) >= 11 is 1.10. The number of thiophene rings is 1. The molecule has 39 heavy (non-hydrogen) atoms. The van der Waals surface area contributed by atoms with E-state index in [4.69, 9.17) is 4.74 Å². The number of H-pyrrole nitrogens is 1. The zero-order valence-corrected chi connectivity index (χ0v) is 24.1. The number of amides is 1. The maximum Gasteiger partial charge on any atom is 0.274 e. The minimum absolute atomic E-state index is 0.106. The normalized spacial score (nSPS) is 12.3. The standard InChI is InChI=1S/C29H33F2N3O4S/c1-9-32-26(35)19-12-17-18(13-34(8)27(36)21(17)33-19)24-23(38-22-14(2)10-16(30)11-15(22)3)20(31)25(39-24)28(4,5)29(6,7)37/h10-13,33,37H,9H2,1-8H3,(H,32,35). The Bertz CT molecular complexity index is 1630. The summed E-state index contributed by atoms with van der Waals surface area (Å²) in [5.74, 6) is -1.27. The maximum absolute atomic E-state index is 16.4. The van der Waals surface area contributed by atoms with Crippen molar-refractivity contribution in [3.05, 3.63) is 68.1 Å². The van der Waals surface area contributed by atoms with E-state index >= 15 is 4.39 Å². The van der Waals surface area contributed by atoms with Gasteiger partial charge in [-0.1, -0.05) is 13.8 Å². The predicted octanol–water partition coefficient (Wildman–Crippen LogP) is 6.08. The zero-order chi connectivity index (χ0) is 29.0. The highest BCUT2D eigenvalue weighted by atomic mass is 32.1. The number of hydrogen-bond acceptors (Lipinski definition) is 5. The Morgan fingerprint density at radius 1 is 1.13 bits per heavy atom. The van der Waals surface area contributed by atoms with E-state index in [0.29, 0.717) is 39.2 Å². The van der Waals surface area contributed by atoms with E-state index < -0.39 is 22.7 Å². The van der Waals surface area contributed by atoms with Gasteiger partial charge in [0.15, 0.2) is 11.6 Å². The van der Waals surface area contributed by atoms with Gasteiger partial charge in [0.2, 0.25) is 0 Å². The number of fused-ring (bicyclic) bond motifs is 1. The summed E-state index contributed by atoms with van der Waals surface area (Å²) in [5, 5.41) is 14.1. The minimum atomic E-state index is -1.30. The van der Waals surface area contributed by atoms with Crippen molar-refractivity contribution in [3.8, 4) is 21.9 Å². The number of nitrogens with one attached hydrogen (secondary N) is 2. The third kappa shape index (κ3) is 4.87. The number of halogens is 2. The Labute approximate surface area is 229 Å². The average Bonchev–Trinajstić information content (AvgIpc) is 3.41. The first kappa shape index (κ1) is 28.5. The number of ether oxygens (including phenoxy) is 1. The first-order valence-electron chi connectivity index (χ1n) is 12.6. The van der Waals surface area contributed by atoms with Gasteiger partial charge in [-0.3, -0.25) is 9.59 Å². The Kier molecular flexibility index (Phi) is 7.24. The number of carbonyl (C=O) groups is 1. The monoisotopic (exact) mass is 557 g/mol. The van der Waals surface area contributed by atoms with Crippen LogP contribution in [0.25, 0.3) is 21.3 Å². The van der Waals surface area contributed by atoms with Crippen LogP contribution in [0.5, 0.6) is 11.5 Å². The lowest BCUT2D eigenvalue weighted by molar-refractivity contribution is 0.00974. The number of aromatic nitrogens is 2. The van der Waals surface area contributed by atoms with E-state index in [1.54, 1.807) is 67.8 Å². The minimum Gasteiger partial charge on any atom is -0.452 e. The number of rotatable bonds is 7. The molecule has 0 aliphatic carbocycles. The molecule has 208 valence electrons. The summed E-state index contributed by atoms with van der Waals surface area (Å²) in [5.41, 5.74) is -0.871. The molecule has 0 saturated carbocycles. The van der Waals surface area contributed by atoms with Crippen LogP contribution >= 0.6 is 11.3 Å². The molecule has 0 aliphatic heterocycles. The number of aromatic amines is 1. The molecule has 0 fully saturated rings. The second-order valence-corrected chi connectivity index (χ2v) is 11.9. The molecule has 0 unspecified atom stereocenters.